The Labute approximate surface area is 235 Å². The number of amides is 2. The Balaban J connectivity index is 1.48. The van der Waals surface area contributed by atoms with E-state index in [2.05, 4.69) is 15.9 Å². The van der Waals surface area contributed by atoms with E-state index in [1.54, 1.807) is 12.1 Å². The van der Waals surface area contributed by atoms with Crippen molar-refractivity contribution in [2.24, 2.45) is 17.8 Å². The molecule has 2 aromatic rings. The number of benzene rings is 2. The number of allylic oxidation sites excluding steroid dienone is 6. The van der Waals surface area contributed by atoms with Crippen molar-refractivity contribution in [3.8, 4) is 11.5 Å². The van der Waals surface area contributed by atoms with Gasteiger partial charge in [0.15, 0.2) is 23.1 Å². The Morgan fingerprint density at radius 2 is 1.85 bits per heavy atom. The lowest BCUT2D eigenvalue weighted by atomic mass is 9.59. The highest BCUT2D eigenvalue weighted by atomic mass is 79.9. The smallest absolute Gasteiger partial charge is 0.271 e. The summed E-state index contributed by atoms with van der Waals surface area (Å²) >= 11 is 3.19. The van der Waals surface area contributed by atoms with Crippen LogP contribution in [0.1, 0.15) is 24.3 Å². The first-order chi connectivity index (χ1) is 19.1. The molecule has 1 fully saturated rings. The van der Waals surface area contributed by atoms with Crippen molar-refractivity contribution in [1.82, 2.24) is 0 Å². The van der Waals surface area contributed by atoms with Crippen LogP contribution in [0.25, 0.3) is 0 Å². The van der Waals surface area contributed by atoms with Crippen LogP contribution >= 0.6 is 15.9 Å². The number of phenolic OH excluding ortho intramolecular Hbond substituents is 1. The van der Waals surface area contributed by atoms with Crippen LogP contribution in [-0.2, 0) is 19.2 Å². The molecule has 4 aliphatic rings. The van der Waals surface area contributed by atoms with E-state index in [-0.39, 0.29) is 57.3 Å². The number of imide groups is 1. The van der Waals surface area contributed by atoms with Crippen LogP contribution in [0.3, 0.4) is 0 Å². The molecule has 4 unspecified atom stereocenters. The number of carbonyl (C=O) groups excluding carboxylic acids is 4. The van der Waals surface area contributed by atoms with Gasteiger partial charge in [-0.05, 0) is 58.5 Å². The number of nitro groups is 1. The maximum atomic E-state index is 13.9. The van der Waals surface area contributed by atoms with Gasteiger partial charge in [-0.3, -0.25) is 29.3 Å². The van der Waals surface area contributed by atoms with Crippen molar-refractivity contribution in [1.29, 1.82) is 0 Å². The maximum absolute atomic E-state index is 13.9. The fourth-order valence-electron chi connectivity index (χ4n) is 6.46. The third-order valence-electron chi connectivity index (χ3n) is 8.17. The molecule has 2 amide bonds. The van der Waals surface area contributed by atoms with Crippen LogP contribution in [0, 0.1) is 27.9 Å². The molecular formula is C29H21BrN2O8. The summed E-state index contributed by atoms with van der Waals surface area (Å²) < 4.78 is 5.41. The minimum Gasteiger partial charge on any atom is -0.504 e. The van der Waals surface area contributed by atoms with Crippen molar-refractivity contribution < 1.29 is 33.9 Å². The van der Waals surface area contributed by atoms with Crippen molar-refractivity contribution in [2.45, 2.75) is 18.8 Å². The van der Waals surface area contributed by atoms with Crippen LogP contribution in [0.15, 0.2) is 75.8 Å². The molecule has 202 valence electrons. The molecular weight excluding hydrogens is 584 g/mol. The average molecular weight is 605 g/mol. The average Bonchev–Trinajstić information content (AvgIpc) is 3.20. The highest BCUT2D eigenvalue weighted by Gasteiger charge is 2.56. The summed E-state index contributed by atoms with van der Waals surface area (Å²) in [6.45, 7) is 0. The van der Waals surface area contributed by atoms with Crippen molar-refractivity contribution in [3.63, 3.8) is 0 Å². The van der Waals surface area contributed by atoms with Crippen molar-refractivity contribution in [2.75, 3.05) is 12.0 Å². The predicted molar refractivity (Wildman–Crippen MR) is 145 cm³/mol. The lowest BCUT2D eigenvalue weighted by Gasteiger charge is -2.42. The molecule has 3 aliphatic carbocycles. The first-order valence-corrected chi connectivity index (χ1v) is 13.3. The number of non-ortho nitro benzene ring substituents is 1. The number of nitro benzene ring substituents is 1. The van der Waals surface area contributed by atoms with Gasteiger partial charge >= 0.3 is 0 Å². The van der Waals surface area contributed by atoms with Crippen LogP contribution in [0.2, 0.25) is 0 Å². The van der Waals surface area contributed by atoms with E-state index in [1.807, 2.05) is 6.08 Å². The summed E-state index contributed by atoms with van der Waals surface area (Å²) in [7, 11) is 1.40. The van der Waals surface area contributed by atoms with Gasteiger partial charge in [0.25, 0.3) is 5.69 Å². The highest BCUT2D eigenvalue weighted by molar-refractivity contribution is 9.12. The van der Waals surface area contributed by atoms with Gasteiger partial charge in [0, 0.05) is 35.3 Å². The van der Waals surface area contributed by atoms with E-state index < -0.39 is 40.4 Å². The Morgan fingerprint density at radius 1 is 1.07 bits per heavy atom. The topological polar surface area (TPSA) is 144 Å². The Kier molecular flexibility index (Phi) is 6.06. The van der Waals surface area contributed by atoms with Crippen LogP contribution in [0.5, 0.6) is 11.5 Å². The molecule has 0 saturated carbocycles. The molecule has 0 spiro atoms. The Morgan fingerprint density at radius 3 is 2.58 bits per heavy atom. The van der Waals surface area contributed by atoms with E-state index in [0.29, 0.717) is 11.1 Å². The standard InChI is InChI=1S/C29H21BrN2O8/c1-40-23-9-13(5-8-21(23)33)24-16-6-7-17-25(18(16)11-19-26(24)22(34)12-20(30)27(19)35)29(37)31(28(17)36)14-3-2-4-15(10-14)32(38)39/h2-6,8-10,12,17-18,24-25,33H,7,11H2,1H3. The molecule has 40 heavy (non-hydrogen) atoms. The summed E-state index contributed by atoms with van der Waals surface area (Å²) in [4.78, 5) is 65.8. The van der Waals surface area contributed by atoms with Gasteiger partial charge in [-0.1, -0.05) is 23.8 Å². The van der Waals surface area contributed by atoms with Crippen LogP contribution in [0.4, 0.5) is 11.4 Å². The molecule has 11 heteroatoms. The number of anilines is 1. The summed E-state index contributed by atoms with van der Waals surface area (Å²) in [6, 6.07) is 10.1. The van der Waals surface area contributed by atoms with Gasteiger partial charge in [0.1, 0.15) is 0 Å². The molecule has 6 rings (SSSR count). The Hall–Kier alpha value is -4.38. The second-order valence-corrected chi connectivity index (χ2v) is 11.0. The number of Topliss-reactive ketones (excluding diaryl/α,β-unsaturated/α-hetero) is 1. The summed E-state index contributed by atoms with van der Waals surface area (Å²) in [5, 5.41) is 21.5. The van der Waals surface area contributed by atoms with E-state index in [0.717, 1.165) is 10.5 Å². The largest absolute Gasteiger partial charge is 0.504 e. The quantitative estimate of drug-likeness (QED) is 0.179. The van der Waals surface area contributed by atoms with E-state index >= 15 is 0 Å². The predicted octanol–water partition coefficient (Wildman–Crippen LogP) is 4.28. The van der Waals surface area contributed by atoms with Gasteiger partial charge in [-0.2, -0.15) is 0 Å². The number of phenols is 1. The fraction of sp³-hybridized carbons (Fsp3) is 0.241. The van der Waals surface area contributed by atoms with Crippen molar-refractivity contribution in [3.05, 3.63) is 91.5 Å². The third-order valence-corrected chi connectivity index (χ3v) is 8.76. The molecule has 10 nitrogen and oxygen atoms in total. The molecule has 1 heterocycles. The molecule has 1 saturated heterocycles. The van der Waals surface area contributed by atoms with Crippen LogP contribution in [-0.4, -0.2) is 40.5 Å². The first kappa shape index (κ1) is 25.9. The number of ether oxygens (including phenoxy) is 1. The van der Waals surface area contributed by atoms with Gasteiger partial charge in [0.2, 0.25) is 11.8 Å². The summed E-state index contributed by atoms with van der Waals surface area (Å²) in [5.74, 6) is -4.38. The van der Waals surface area contributed by atoms with Gasteiger partial charge in [-0.25, -0.2) is 4.90 Å². The molecule has 0 bridgehead atoms. The van der Waals surface area contributed by atoms with E-state index in [9.17, 15) is 34.4 Å². The lowest BCUT2D eigenvalue weighted by molar-refractivity contribution is -0.384. The number of hydrogen-bond acceptors (Lipinski definition) is 8. The molecule has 0 radical (unpaired) electrons. The van der Waals surface area contributed by atoms with Crippen LogP contribution < -0.4 is 9.64 Å². The second kappa shape index (κ2) is 9.37. The summed E-state index contributed by atoms with van der Waals surface area (Å²) in [5.41, 5.74) is 1.77. The molecule has 1 N–H and O–H groups in total. The summed E-state index contributed by atoms with van der Waals surface area (Å²) in [6.07, 6.45) is 3.42. The molecule has 4 atom stereocenters. The number of carbonyl (C=O) groups is 4. The fourth-order valence-corrected chi connectivity index (χ4v) is 6.91. The second-order valence-electron chi connectivity index (χ2n) is 10.1. The molecule has 2 aromatic carbocycles. The number of halogens is 1. The number of aromatic hydroxyl groups is 1. The van der Waals surface area contributed by atoms with Gasteiger partial charge in [-0.15, -0.1) is 0 Å². The third kappa shape index (κ3) is 3.75. The maximum Gasteiger partial charge on any atom is 0.271 e. The number of methoxy groups -OCH3 is 1. The molecule has 0 aromatic heterocycles. The highest BCUT2D eigenvalue weighted by Crippen LogP contribution is 2.56. The monoisotopic (exact) mass is 604 g/mol. The number of ketones is 2. The zero-order chi connectivity index (χ0) is 28.5. The minimum absolute atomic E-state index is 0.0867. The number of fused-ring (bicyclic) bond motifs is 3. The number of rotatable bonds is 4. The SMILES string of the molecule is COc1cc(C2C3=CCC4C(=O)N(c5cccc([N+](=O)[O-])c5)C(=O)C4C3CC3=C2C(=O)C=C(Br)C3=O)ccc1O. The first-order valence-electron chi connectivity index (χ1n) is 12.5. The Bertz CT molecular complexity index is 1650. The lowest BCUT2D eigenvalue weighted by Crippen LogP contribution is -2.39. The van der Waals surface area contributed by atoms with Crippen molar-refractivity contribution >= 4 is 50.7 Å². The normalized spacial score (nSPS) is 25.7. The van der Waals surface area contributed by atoms with E-state index in [1.165, 1.54) is 43.5 Å². The number of nitrogens with zero attached hydrogens (tertiary/aromatic N) is 2. The molecule has 1 aliphatic heterocycles. The zero-order valence-electron chi connectivity index (χ0n) is 21.0. The van der Waals surface area contributed by atoms with E-state index in [4.69, 9.17) is 4.74 Å². The van der Waals surface area contributed by atoms with Gasteiger partial charge in [0.05, 0.1) is 34.0 Å². The number of hydrogen-bond donors (Lipinski definition) is 1. The zero-order valence-corrected chi connectivity index (χ0v) is 22.6. The van der Waals surface area contributed by atoms with Gasteiger partial charge < -0.3 is 9.84 Å². The minimum atomic E-state index is -0.824.